The van der Waals surface area contributed by atoms with Crippen LogP contribution < -0.4 is 15.0 Å². The second kappa shape index (κ2) is 9.34. The average molecular weight is 424 g/mol. The third-order valence-corrected chi connectivity index (χ3v) is 6.07. The number of methoxy groups -OCH3 is 1. The molecule has 2 N–H and O–H groups in total. The Morgan fingerprint density at radius 3 is 2.68 bits per heavy atom. The molecule has 1 saturated heterocycles. The van der Waals surface area contributed by atoms with E-state index in [1.165, 1.54) is 28.9 Å². The van der Waals surface area contributed by atoms with Crippen LogP contribution in [-0.4, -0.2) is 58.9 Å². The highest BCUT2D eigenvalue weighted by atomic mass is 16.5. The van der Waals surface area contributed by atoms with Gasteiger partial charge in [0.15, 0.2) is 0 Å². The molecule has 0 aliphatic carbocycles. The first kappa shape index (κ1) is 21.1. The fourth-order valence-electron chi connectivity index (χ4n) is 4.24. The van der Waals surface area contributed by atoms with Crippen molar-refractivity contribution in [3.63, 3.8) is 0 Å². The summed E-state index contributed by atoms with van der Waals surface area (Å²) >= 11 is 0. The first-order valence-corrected chi connectivity index (χ1v) is 10.7. The largest absolute Gasteiger partial charge is 0.497 e. The number of piperidine rings is 1. The van der Waals surface area contributed by atoms with Gasteiger partial charge in [0.05, 0.1) is 18.2 Å². The molecule has 164 valence electrons. The third-order valence-electron chi connectivity index (χ3n) is 6.07. The molecule has 1 aliphatic rings. The molecule has 4 rings (SSSR count). The van der Waals surface area contributed by atoms with E-state index in [4.69, 9.17) is 9.84 Å². The fraction of sp³-hybridized carbons (Fsp3) is 0.435. The number of carboxylic acids is 1. The SMILES string of the molecule is COc1ccc2c(CCNCC3CCN(c4ncc(C(=O)O)cn4)CC3)cn(C)c2c1. The predicted octanol–water partition coefficient (Wildman–Crippen LogP) is 2.72. The number of hydrogen-bond acceptors (Lipinski definition) is 6. The Morgan fingerprint density at radius 1 is 1.26 bits per heavy atom. The number of anilines is 1. The van der Waals surface area contributed by atoms with Crippen molar-refractivity contribution in [2.24, 2.45) is 13.0 Å². The minimum atomic E-state index is -1.00. The third kappa shape index (κ3) is 4.80. The monoisotopic (exact) mass is 423 g/mol. The van der Waals surface area contributed by atoms with Crippen molar-refractivity contribution in [2.75, 3.05) is 38.2 Å². The number of aromatic carboxylic acids is 1. The minimum absolute atomic E-state index is 0.119. The van der Waals surface area contributed by atoms with Gasteiger partial charge in [0, 0.05) is 50.2 Å². The lowest BCUT2D eigenvalue weighted by Gasteiger charge is -2.32. The molecule has 2 aromatic heterocycles. The van der Waals surface area contributed by atoms with E-state index in [0.29, 0.717) is 11.9 Å². The van der Waals surface area contributed by atoms with Crippen LogP contribution in [0.15, 0.2) is 36.8 Å². The molecule has 8 nitrogen and oxygen atoms in total. The van der Waals surface area contributed by atoms with E-state index in [2.05, 4.69) is 50.1 Å². The number of carboxylic acid groups (broad SMARTS) is 1. The van der Waals surface area contributed by atoms with Gasteiger partial charge in [-0.3, -0.25) is 0 Å². The maximum absolute atomic E-state index is 10.9. The number of fused-ring (bicyclic) bond motifs is 1. The Bertz CT molecular complexity index is 1040. The zero-order chi connectivity index (χ0) is 21.8. The minimum Gasteiger partial charge on any atom is -0.497 e. The van der Waals surface area contributed by atoms with Crippen molar-refractivity contribution in [3.05, 3.63) is 47.9 Å². The van der Waals surface area contributed by atoms with E-state index in [-0.39, 0.29) is 5.56 Å². The summed E-state index contributed by atoms with van der Waals surface area (Å²) in [7, 11) is 3.77. The Balaban J connectivity index is 1.23. The molecule has 1 fully saturated rings. The Hall–Kier alpha value is -3.13. The first-order valence-electron chi connectivity index (χ1n) is 10.7. The highest BCUT2D eigenvalue weighted by Gasteiger charge is 2.21. The number of nitrogens with one attached hydrogen (secondary N) is 1. The van der Waals surface area contributed by atoms with E-state index in [1.807, 2.05) is 6.07 Å². The van der Waals surface area contributed by atoms with Crippen LogP contribution in [0.2, 0.25) is 0 Å². The van der Waals surface area contributed by atoms with Gasteiger partial charge in [-0.25, -0.2) is 14.8 Å². The molecule has 3 heterocycles. The fourth-order valence-corrected chi connectivity index (χ4v) is 4.24. The molecule has 0 unspecified atom stereocenters. The summed E-state index contributed by atoms with van der Waals surface area (Å²) < 4.78 is 7.50. The van der Waals surface area contributed by atoms with Gasteiger partial charge in [0.2, 0.25) is 5.95 Å². The summed E-state index contributed by atoms with van der Waals surface area (Å²) in [5, 5.41) is 13.9. The molecule has 3 aromatic rings. The van der Waals surface area contributed by atoms with Crippen LogP contribution in [0.4, 0.5) is 5.95 Å². The van der Waals surface area contributed by atoms with Gasteiger partial charge in [0.25, 0.3) is 0 Å². The first-order chi connectivity index (χ1) is 15.0. The molecular weight excluding hydrogens is 394 g/mol. The summed E-state index contributed by atoms with van der Waals surface area (Å²) in [5.41, 5.74) is 2.66. The van der Waals surface area contributed by atoms with Crippen LogP contribution in [0.5, 0.6) is 5.75 Å². The van der Waals surface area contributed by atoms with Gasteiger partial charge in [-0.15, -0.1) is 0 Å². The molecular formula is C23H29N5O3. The van der Waals surface area contributed by atoms with E-state index in [0.717, 1.165) is 51.2 Å². The lowest BCUT2D eigenvalue weighted by atomic mass is 9.97. The van der Waals surface area contributed by atoms with Gasteiger partial charge in [0.1, 0.15) is 5.75 Å². The lowest BCUT2D eigenvalue weighted by Crippen LogP contribution is -2.38. The number of nitrogens with zero attached hydrogens (tertiary/aromatic N) is 4. The Morgan fingerprint density at radius 2 is 2.00 bits per heavy atom. The Kier molecular flexibility index (Phi) is 6.36. The van der Waals surface area contributed by atoms with Crippen LogP contribution in [0.1, 0.15) is 28.8 Å². The molecule has 0 atom stereocenters. The van der Waals surface area contributed by atoms with Crippen LogP contribution in [-0.2, 0) is 13.5 Å². The van der Waals surface area contributed by atoms with Gasteiger partial charge >= 0.3 is 5.97 Å². The highest BCUT2D eigenvalue weighted by Crippen LogP contribution is 2.25. The van der Waals surface area contributed by atoms with E-state index >= 15 is 0 Å². The van der Waals surface area contributed by atoms with Gasteiger partial charge in [-0.05, 0) is 56.0 Å². The number of benzene rings is 1. The number of carbonyl (C=O) groups is 1. The smallest absolute Gasteiger partial charge is 0.338 e. The number of aryl methyl sites for hydroxylation is 1. The standard InChI is InChI=1S/C23H29N5O3/c1-27-15-17(20-4-3-19(31-2)11-21(20)27)5-8-24-12-16-6-9-28(10-7-16)23-25-13-18(14-26-23)22(29)30/h3-4,11,13-16,24H,5-10,12H2,1-2H3,(H,29,30). The average Bonchev–Trinajstić information content (AvgIpc) is 3.12. The second-order valence-corrected chi connectivity index (χ2v) is 8.11. The van der Waals surface area contributed by atoms with E-state index in [1.54, 1.807) is 7.11 Å². The molecule has 31 heavy (non-hydrogen) atoms. The number of hydrogen-bond donors (Lipinski definition) is 2. The Labute approximate surface area is 181 Å². The molecule has 1 aromatic carbocycles. The van der Waals surface area contributed by atoms with Gasteiger partial charge in [-0.1, -0.05) is 0 Å². The molecule has 0 amide bonds. The molecule has 0 saturated carbocycles. The molecule has 0 radical (unpaired) electrons. The zero-order valence-electron chi connectivity index (χ0n) is 18.0. The second-order valence-electron chi connectivity index (χ2n) is 8.11. The van der Waals surface area contributed by atoms with Gasteiger partial charge in [-0.2, -0.15) is 0 Å². The molecule has 0 spiro atoms. The molecule has 8 heteroatoms. The van der Waals surface area contributed by atoms with Crippen molar-refractivity contribution in [2.45, 2.75) is 19.3 Å². The van der Waals surface area contributed by atoms with Crippen LogP contribution in [0.25, 0.3) is 10.9 Å². The van der Waals surface area contributed by atoms with Crippen molar-refractivity contribution in [1.29, 1.82) is 0 Å². The maximum Gasteiger partial charge on any atom is 0.338 e. The van der Waals surface area contributed by atoms with E-state index in [9.17, 15) is 4.79 Å². The predicted molar refractivity (Wildman–Crippen MR) is 120 cm³/mol. The zero-order valence-corrected chi connectivity index (χ0v) is 18.0. The summed E-state index contributed by atoms with van der Waals surface area (Å²) in [6, 6.07) is 6.25. The van der Waals surface area contributed by atoms with Gasteiger partial charge < -0.3 is 24.6 Å². The molecule has 0 bridgehead atoms. The number of aromatic nitrogens is 3. The van der Waals surface area contributed by atoms with Crippen molar-refractivity contribution in [1.82, 2.24) is 19.9 Å². The van der Waals surface area contributed by atoms with Crippen LogP contribution in [0.3, 0.4) is 0 Å². The lowest BCUT2D eigenvalue weighted by molar-refractivity contribution is 0.0696. The number of rotatable bonds is 8. The summed E-state index contributed by atoms with van der Waals surface area (Å²) in [5.74, 6) is 1.13. The number of ether oxygens (including phenoxy) is 1. The van der Waals surface area contributed by atoms with Crippen molar-refractivity contribution >= 4 is 22.8 Å². The summed E-state index contributed by atoms with van der Waals surface area (Å²) in [6.45, 7) is 3.74. The highest BCUT2D eigenvalue weighted by molar-refractivity contribution is 5.87. The summed E-state index contributed by atoms with van der Waals surface area (Å²) in [6.07, 6.45) is 8.10. The maximum atomic E-state index is 10.9. The van der Waals surface area contributed by atoms with Crippen LogP contribution in [0, 0.1) is 5.92 Å². The summed E-state index contributed by atoms with van der Waals surface area (Å²) in [4.78, 5) is 21.5. The van der Waals surface area contributed by atoms with Crippen molar-refractivity contribution in [3.8, 4) is 5.75 Å². The molecule has 1 aliphatic heterocycles. The topological polar surface area (TPSA) is 92.5 Å². The van der Waals surface area contributed by atoms with Crippen molar-refractivity contribution < 1.29 is 14.6 Å². The van der Waals surface area contributed by atoms with Crippen LogP contribution >= 0.6 is 0 Å². The van der Waals surface area contributed by atoms with E-state index < -0.39 is 5.97 Å². The quantitative estimate of drug-likeness (QED) is 0.538. The normalized spacial score (nSPS) is 14.8.